The van der Waals surface area contributed by atoms with Gasteiger partial charge in [0.1, 0.15) is 5.75 Å². The van der Waals surface area contributed by atoms with Crippen LogP contribution in [0.2, 0.25) is 0 Å². The zero-order chi connectivity index (χ0) is 25.1. The molecule has 0 unspecified atom stereocenters. The third-order valence-corrected chi connectivity index (χ3v) is 6.97. The van der Waals surface area contributed by atoms with Crippen molar-refractivity contribution in [3.63, 3.8) is 0 Å². The van der Waals surface area contributed by atoms with Gasteiger partial charge in [0.15, 0.2) is 5.52 Å². The summed E-state index contributed by atoms with van der Waals surface area (Å²) >= 11 is 0. The van der Waals surface area contributed by atoms with Crippen molar-refractivity contribution in [3.8, 4) is 5.75 Å². The number of nitro groups is 1. The van der Waals surface area contributed by atoms with Gasteiger partial charge < -0.3 is 10.4 Å². The molecule has 0 bridgehead atoms. The molecule has 1 aromatic heterocycles. The molecule has 0 aliphatic heterocycles. The molecule has 9 heteroatoms. The lowest BCUT2D eigenvalue weighted by atomic mass is 9.86. The van der Waals surface area contributed by atoms with E-state index < -0.39 is 4.92 Å². The standard InChI is InChI=1S/C27H29N5O4/c1-2-15-31(21-10-11-22-19(17-21)4-3-5-25(22)33)16-14-18-6-8-20(9-7-18)28-23-12-13-24(32(34)35)27-26(23)29-36-30-27/h3-9,12-13,21,28,33H,2,10-11,14-17H2,1H3/t21-/m0/s1. The van der Waals surface area contributed by atoms with E-state index in [1.165, 1.54) is 17.2 Å². The molecule has 2 N–H and O–H groups in total. The molecule has 9 nitrogen and oxygen atoms in total. The Morgan fingerprint density at radius 2 is 1.92 bits per heavy atom. The Kier molecular flexibility index (Phi) is 6.81. The van der Waals surface area contributed by atoms with Gasteiger partial charge in [-0.15, -0.1) is 0 Å². The third-order valence-electron chi connectivity index (χ3n) is 6.97. The number of aromatic hydroxyl groups is 1. The number of rotatable bonds is 9. The number of phenols is 1. The molecule has 5 rings (SSSR count). The molecule has 0 radical (unpaired) electrons. The van der Waals surface area contributed by atoms with Gasteiger partial charge in [-0.05, 0) is 89.9 Å². The summed E-state index contributed by atoms with van der Waals surface area (Å²) in [5.74, 6) is 0.427. The molecule has 0 saturated heterocycles. The van der Waals surface area contributed by atoms with E-state index in [0.717, 1.165) is 56.4 Å². The Bertz CT molecular complexity index is 1370. The fourth-order valence-corrected chi connectivity index (χ4v) is 5.13. The van der Waals surface area contributed by atoms with Crippen molar-refractivity contribution >= 4 is 28.1 Å². The highest BCUT2D eigenvalue weighted by Gasteiger charge is 2.25. The van der Waals surface area contributed by atoms with Gasteiger partial charge in [-0.25, -0.2) is 4.63 Å². The van der Waals surface area contributed by atoms with Crippen LogP contribution in [0.3, 0.4) is 0 Å². The minimum absolute atomic E-state index is 0.123. The normalized spacial score (nSPS) is 15.2. The molecule has 0 saturated carbocycles. The topological polar surface area (TPSA) is 118 Å². The zero-order valence-electron chi connectivity index (χ0n) is 20.2. The highest BCUT2D eigenvalue weighted by molar-refractivity contribution is 5.94. The number of phenolic OH excluding ortho intramolecular Hbond substituents is 1. The summed E-state index contributed by atoms with van der Waals surface area (Å²) in [5, 5.41) is 32.1. The minimum Gasteiger partial charge on any atom is -0.508 e. The van der Waals surface area contributed by atoms with E-state index in [0.29, 0.717) is 23.0 Å². The monoisotopic (exact) mass is 487 g/mol. The summed E-state index contributed by atoms with van der Waals surface area (Å²) in [5.41, 5.74) is 5.39. The van der Waals surface area contributed by atoms with Gasteiger partial charge in [0.05, 0.1) is 10.6 Å². The maximum Gasteiger partial charge on any atom is 0.300 e. The van der Waals surface area contributed by atoms with Crippen LogP contribution < -0.4 is 5.32 Å². The van der Waals surface area contributed by atoms with Crippen LogP contribution in [-0.4, -0.2) is 44.4 Å². The van der Waals surface area contributed by atoms with Crippen LogP contribution in [0, 0.1) is 10.1 Å². The van der Waals surface area contributed by atoms with Crippen LogP contribution in [0.4, 0.5) is 17.1 Å². The van der Waals surface area contributed by atoms with Gasteiger partial charge in [0.25, 0.3) is 0 Å². The first-order valence-electron chi connectivity index (χ1n) is 12.3. The molecule has 4 aromatic rings. The predicted octanol–water partition coefficient (Wildman–Crippen LogP) is 5.39. The number of nitro benzene ring substituents is 1. The average Bonchev–Trinajstić information content (AvgIpc) is 3.38. The van der Waals surface area contributed by atoms with E-state index in [4.69, 9.17) is 4.63 Å². The molecular weight excluding hydrogens is 458 g/mol. The van der Waals surface area contributed by atoms with Crippen molar-refractivity contribution in [2.75, 3.05) is 18.4 Å². The van der Waals surface area contributed by atoms with Crippen molar-refractivity contribution in [1.29, 1.82) is 0 Å². The maximum atomic E-state index is 11.2. The SMILES string of the molecule is CCCN(CCc1ccc(Nc2ccc([N+](=O)[O-])c3nonc23)cc1)[C@H]1CCc2c(O)cccc2C1. The van der Waals surface area contributed by atoms with Gasteiger partial charge in [-0.3, -0.25) is 15.0 Å². The minimum atomic E-state index is -0.497. The number of anilines is 2. The molecule has 1 heterocycles. The van der Waals surface area contributed by atoms with Gasteiger partial charge in [-0.2, -0.15) is 0 Å². The number of aromatic nitrogens is 2. The van der Waals surface area contributed by atoms with Crippen LogP contribution in [0.1, 0.15) is 36.5 Å². The smallest absolute Gasteiger partial charge is 0.300 e. The maximum absolute atomic E-state index is 11.2. The van der Waals surface area contributed by atoms with E-state index in [2.05, 4.69) is 45.7 Å². The van der Waals surface area contributed by atoms with Gasteiger partial charge in [-0.1, -0.05) is 31.2 Å². The second kappa shape index (κ2) is 10.3. The Labute approximate surface area is 208 Å². The number of non-ortho nitro benzene ring substituents is 1. The lowest BCUT2D eigenvalue weighted by molar-refractivity contribution is -0.383. The first-order valence-corrected chi connectivity index (χ1v) is 12.3. The second-order valence-electron chi connectivity index (χ2n) is 9.27. The Morgan fingerprint density at radius 3 is 2.69 bits per heavy atom. The van der Waals surface area contributed by atoms with E-state index in [9.17, 15) is 15.2 Å². The molecule has 3 aromatic carbocycles. The van der Waals surface area contributed by atoms with Gasteiger partial charge >= 0.3 is 5.69 Å². The first kappa shape index (κ1) is 23.7. The van der Waals surface area contributed by atoms with E-state index in [1.807, 2.05) is 18.2 Å². The molecule has 1 atom stereocenters. The summed E-state index contributed by atoms with van der Waals surface area (Å²) in [6.07, 6.45) is 5.01. The van der Waals surface area contributed by atoms with Crippen LogP contribution in [0.5, 0.6) is 5.75 Å². The van der Waals surface area contributed by atoms with Crippen molar-refractivity contribution < 1.29 is 14.7 Å². The summed E-state index contributed by atoms with van der Waals surface area (Å²) in [4.78, 5) is 13.3. The fourth-order valence-electron chi connectivity index (χ4n) is 5.13. The van der Waals surface area contributed by atoms with Crippen LogP contribution in [0.25, 0.3) is 11.0 Å². The van der Waals surface area contributed by atoms with Crippen molar-refractivity contribution in [2.45, 2.75) is 45.1 Å². The summed E-state index contributed by atoms with van der Waals surface area (Å²) in [7, 11) is 0. The summed E-state index contributed by atoms with van der Waals surface area (Å²) in [6.45, 7) is 4.25. The Morgan fingerprint density at radius 1 is 1.11 bits per heavy atom. The number of fused-ring (bicyclic) bond motifs is 2. The number of hydrogen-bond donors (Lipinski definition) is 2. The van der Waals surface area contributed by atoms with Crippen molar-refractivity contribution in [1.82, 2.24) is 15.2 Å². The zero-order valence-corrected chi connectivity index (χ0v) is 20.2. The van der Waals surface area contributed by atoms with Gasteiger partial charge in [0, 0.05) is 24.3 Å². The third kappa shape index (κ3) is 4.87. The van der Waals surface area contributed by atoms with E-state index in [-0.39, 0.29) is 11.2 Å². The molecule has 0 fully saturated rings. The Balaban J connectivity index is 1.23. The number of nitrogens with one attached hydrogen (secondary N) is 1. The molecule has 1 aliphatic carbocycles. The lowest BCUT2D eigenvalue weighted by Gasteiger charge is -2.35. The second-order valence-corrected chi connectivity index (χ2v) is 9.27. The Hall–Kier alpha value is -3.98. The lowest BCUT2D eigenvalue weighted by Crippen LogP contribution is -2.41. The highest BCUT2D eigenvalue weighted by Crippen LogP contribution is 2.32. The molecule has 36 heavy (non-hydrogen) atoms. The van der Waals surface area contributed by atoms with E-state index in [1.54, 1.807) is 12.1 Å². The number of benzene rings is 3. The molecule has 0 amide bonds. The van der Waals surface area contributed by atoms with Crippen molar-refractivity contribution in [3.05, 3.63) is 81.4 Å². The van der Waals surface area contributed by atoms with Crippen molar-refractivity contribution in [2.24, 2.45) is 0 Å². The highest BCUT2D eigenvalue weighted by atomic mass is 16.6. The van der Waals surface area contributed by atoms with Crippen LogP contribution in [-0.2, 0) is 19.3 Å². The molecule has 0 spiro atoms. The fraction of sp³-hybridized carbons (Fsp3) is 0.333. The quantitative estimate of drug-likeness (QED) is 0.238. The average molecular weight is 488 g/mol. The molecular formula is C27H29N5O4. The summed E-state index contributed by atoms with van der Waals surface area (Å²) in [6, 6.07) is 17.6. The van der Waals surface area contributed by atoms with Crippen LogP contribution in [0.15, 0.2) is 59.2 Å². The molecule has 186 valence electrons. The summed E-state index contributed by atoms with van der Waals surface area (Å²) < 4.78 is 4.74. The van der Waals surface area contributed by atoms with E-state index >= 15 is 0 Å². The largest absolute Gasteiger partial charge is 0.508 e. The first-order chi connectivity index (χ1) is 17.5. The number of nitrogens with zero attached hydrogens (tertiary/aromatic N) is 4. The van der Waals surface area contributed by atoms with Gasteiger partial charge in [0.2, 0.25) is 5.52 Å². The molecule has 1 aliphatic rings. The number of hydrogen-bond acceptors (Lipinski definition) is 8. The van der Waals surface area contributed by atoms with Crippen LogP contribution >= 0.6 is 0 Å². The predicted molar refractivity (Wildman–Crippen MR) is 138 cm³/mol.